The molecule has 3 fully saturated rings. The van der Waals surface area contributed by atoms with Crippen molar-refractivity contribution in [1.29, 1.82) is 0 Å². The van der Waals surface area contributed by atoms with Crippen molar-refractivity contribution in [3.63, 3.8) is 0 Å². The molecule has 1 unspecified atom stereocenters. The Balaban J connectivity index is 0.000000178. The SMILES string of the molecule is CCNC(=O)Nc1nc2c(C3CCCO3)cc(-c3cnc(C(C)(C)O)nc3)cc2[nH]1.CCNC(=O)Nc1nc2c([C@H]3CCCO3)cc(-c3cnc(C(C)(C)O)nc3)cc2[nH]1.CCNC(=O)Nc1nc2c([C@H]3CCCO3)cc(-c3cnc(C(C)(C)O)nc3)cc2[nH]1.CS(=O)(=O)O.CS(=O)(=O)O. The van der Waals surface area contributed by atoms with Gasteiger partial charge in [0, 0.05) is 110 Å². The van der Waals surface area contributed by atoms with Crippen LogP contribution in [-0.4, -0.2) is 171 Å². The highest BCUT2D eigenvalue weighted by Crippen LogP contribution is 2.40. The molecule has 6 aromatic heterocycles. The van der Waals surface area contributed by atoms with Gasteiger partial charge in [0.2, 0.25) is 17.8 Å². The lowest BCUT2D eigenvalue weighted by Crippen LogP contribution is -2.28. The van der Waals surface area contributed by atoms with Crippen LogP contribution in [0.2, 0.25) is 0 Å². The number of aromatic nitrogens is 12. The van der Waals surface area contributed by atoms with Crippen molar-refractivity contribution in [3.05, 3.63) is 108 Å². The summed E-state index contributed by atoms with van der Waals surface area (Å²) >= 11 is 0. The van der Waals surface area contributed by atoms with Gasteiger partial charge < -0.3 is 60.4 Å². The number of amides is 6. The molecule has 6 amide bonds. The summed E-state index contributed by atoms with van der Waals surface area (Å²) in [6.07, 6.45) is 17.2. The molecule has 35 heteroatoms. The molecule has 0 spiro atoms. The molecule has 3 atom stereocenters. The molecule has 3 aliphatic rings. The molecule has 0 saturated carbocycles. The van der Waals surface area contributed by atoms with Gasteiger partial charge in [0.05, 0.1) is 63.9 Å². The Labute approximate surface area is 577 Å². The van der Waals surface area contributed by atoms with Crippen LogP contribution in [0.15, 0.2) is 73.6 Å². The molecule has 0 bridgehead atoms. The number of carbonyl (C=O) groups excluding carboxylic acids is 3. The number of H-pyrrole nitrogens is 3. The number of hydrogen-bond acceptors (Lipinski definition) is 22. The molecule has 33 nitrogen and oxygen atoms in total. The van der Waals surface area contributed by atoms with Crippen molar-refractivity contribution >= 4 is 89.3 Å². The van der Waals surface area contributed by atoms with Gasteiger partial charge in [0.1, 0.15) is 16.8 Å². The number of aliphatic hydroxyl groups is 3. The third kappa shape index (κ3) is 21.8. The van der Waals surface area contributed by atoms with Crippen molar-refractivity contribution in [2.75, 3.05) is 67.9 Å². The molecule has 3 aliphatic heterocycles. The number of carbonyl (C=O) groups is 3. The topological polar surface area (TPSA) is 484 Å². The van der Waals surface area contributed by atoms with Gasteiger partial charge in [-0.1, -0.05) is 0 Å². The van der Waals surface area contributed by atoms with Crippen molar-refractivity contribution in [2.24, 2.45) is 0 Å². The van der Waals surface area contributed by atoms with Crippen LogP contribution in [0.4, 0.5) is 32.2 Å². The van der Waals surface area contributed by atoms with E-state index < -0.39 is 37.0 Å². The maximum absolute atomic E-state index is 11.9. The fourth-order valence-electron chi connectivity index (χ4n) is 10.6. The number of ether oxygens (including phenoxy) is 3. The minimum Gasteiger partial charge on any atom is -0.382 e. The normalized spacial score (nSPS) is 16.2. The van der Waals surface area contributed by atoms with Crippen molar-refractivity contribution < 1.29 is 69.9 Å². The van der Waals surface area contributed by atoms with Crippen molar-refractivity contribution in [2.45, 2.75) is 136 Å². The molecule has 0 aliphatic carbocycles. The van der Waals surface area contributed by atoms with Crippen LogP contribution in [-0.2, 0) is 51.2 Å². The van der Waals surface area contributed by atoms with E-state index in [-0.39, 0.29) is 36.4 Å². The molecule has 3 aromatic carbocycles. The van der Waals surface area contributed by atoms with Gasteiger partial charge in [0.15, 0.2) is 17.5 Å². The zero-order chi connectivity index (χ0) is 72.9. The number of aromatic amines is 3. The van der Waals surface area contributed by atoms with E-state index in [0.717, 1.165) is 122 Å². The van der Waals surface area contributed by atoms with Gasteiger partial charge >= 0.3 is 18.1 Å². The lowest BCUT2D eigenvalue weighted by Gasteiger charge is -2.16. The summed E-state index contributed by atoms with van der Waals surface area (Å²) in [5.74, 6) is 2.22. The second-order valence-electron chi connectivity index (χ2n) is 25.1. The van der Waals surface area contributed by atoms with Crippen LogP contribution in [0.1, 0.15) is 153 Å². The monoisotopic (exact) mass is 1420 g/mol. The van der Waals surface area contributed by atoms with Gasteiger partial charge in [-0.3, -0.25) is 25.1 Å². The van der Waals surface area contributed by atoms with Gasteiger partial charge in [-0.05, 0) is 154 Å². The van der Waals surface area contributed by atoms with E-state index in [9.17, 15) is 46.5 Å². The van der Waals surface area contributed by atoms with Crippen molar-refractivity contribution in [3.8, 4) is 33.4 Å². The van der Waals surface area contributed by atoms with Gasteiger partial charge in [-0.25, -0.2) is 59.2 Å². The molecule has 14 N–H and O–H groups in total. The average molecular weight is 1420 g/mol. The Morgan fingerprint density at radius 1 is 0.440 bits per heavy atom. The highest BCUT2D eigenvalue weighted by atomic mass is 32.2. The second kappa shape index (κ2) is 32.8. The molecule has 9 aromatic rings. The van der Waals surface area contributed by atoms with E-state index in [1.54, 1.807) is 78.7 Å². The van der Waals surface area contributed by atoms with Crippen LogP contribution < -0.4 is 31.9 Å². The number of imidazole rings is 3. The summed E-state index contributed by atoms with van der Waals surface area (Å²) < 4.78 is 69.5. The third-order valence-electron chi connectivity index (χ3n) is 15.0. The highest BCUT2D eigenvalue weighted by molar-refractivity contribution is 7.85. The average Bonchev–Trinajstić information content (AvgIpc) is 1.58. The zero-order valence-electron chi connectivity index (χ0n) is 57.3. The van der Waals surface area contributed by atoms with E-state index in [1.165, 1.54) is 0 Å². The predicted octanol–water partition coefficient (Wildman–Crippen LogP) is 8.73. The van der Waals surface area contributed by atoms with Gasteiger partial charge in [0.25, 0.3) is 20.2 Å². The van der Waals surface area contributed by atoms with Crippen molar-refractivity contribution in [1.82, 2.24) is 75.8 Å². The predicted molar refractivity (Wildman–Crippen MR) is 374 cm³/mol. The quantitative estimate of drug-likeness (QED) is 0.0426. The fourth-order valence-corrected chi connectivity index (χ4v) is 10.6. The molecule has 100 heavy (non-hydrogen) atoms. The maximum atomic E-state index is 11.9. The zero-order valence-corrected chi connectivity index (χ0v) is 58.9. The lowest BCUT2D eigenvalue weighted by atomic mass is 9.99. The Kier molecular flexibility index (Phi) is 25.1. The summed E-state index contributed by atoms with van der Waals surface area (Å²) in [5, 5.41) is 46.5. The molecule has 9 heterocycles. The second-order valence-corrected chi connectivity index (χ2v) is 28.1. The molecule has 0 radical (unpaired) electrons. The fraction of sp³-hybridized carbons (Fsp3) is 0.446. The van der Waals surface area contributed by atoms with Crippen LogP contribution >= 0.6 is 0 Å². The molecule has 12 rings (SSSR count). The number of nitrogens with zero attached hydrogens (tertiary/aromatic N) is 9. The lowest BCUT2D eigenvalue weighted by molar-refractivity contribution is 0.0682. The number of fused-ring (bicyclic) bond motifs is 3. The van der Waals surface area contributed by atoms with Crippen LogP contribution in [0.5, 0.6) is 0 Å². The number of anilines is 3. The Hall–Kier alpha value is -9.30. The van der Waals surface area contributed by atoms with Crippen LogP contribution in [0.25, 0.3) is 66.5 Å². The summed E-state index contributed by atoms with van der Waals surface area (Å²) in [7, 11) is -7.33. The summed E-state index contributed by atoms with van der Waals surface area (Å²) in [6.45, 7) is 19.2. The molecule has 3 saturated heterocycles. The van der Waals surface area contributed by atoms with Crippen LogP contribution in [0, 0.1) is 0 Å². The Morgan fingerprint density at radius 3 is 0.860 bits per heavy atom. The summed E-state index contributed by atoms with van der Waals surface area (Å²) in [5.41, 5.74) is 9.43. The number of nitrogens with one attached hydrogen (secondary N) is 9. The summed E-state index contributed by atoms with van der Waals surface area (Å²) in [4.78, 5) is 84.8. The number of urea groups is 3. The van der Waals surface area contributed by atoms with Gasteiger partial charge in [-0.15, -0.1) is 0 Å². The van der Waals surface area contributed by atoms with E-state index >= 15 is 0 Å². The maximum Gasteiger partial charge on any atom is 0.321 e. The smallest absolute Gasteiger partial charge is 0.321 e. The minimum absolute atomic E-state index is 0.0513. The largest absolute Gasteiger partial charge is 0.382 e. The van der Waals surface area contributed by atoms with E-state index in [1.807, 2.05) is 57.2 Å². The Bertz CT molecular complexity index is 4060. The van der Waals surface area contributed by atoms with Crippen LogP contribution in [0.3, 0.4) is 0 Å². The first-order valence-corrected chi connectivity index (χ1v) is 35.9. The first-order chi connectivity index (χ1) is 47.0. The first-order valence-electron chi connectivity index (χ1n) is 32.2. The standard InChI is InChI=1S/3C21H26N6O3.2CH4O3S/c3*1-4-22-20(28)27-19-25-15-9-12(13-10-23-18(24-11-13)21(2,3)29)8-14(17(15)26-19)16-6-5-7-30-16;2*1-5(2,3)4/h3*8-11,16,29H,4-7H2,1-3H3,(H3,22,25,26,27,28);2*1H3,(H,2,3,4)/t2*16-;;;/m11.../s1. The Morgan fingerprint density at radius 2 is 0.670 bits per heavy atom. The number of hydrogen-bond donors (Lipinski definition) is 14. The summed E-state index contributed by atoms with van der Waals surface area (Å²) in [6, 6.07) is 11.0. The van der Waals surface area contributed by atoms with E-state index in [4.69, 9.17) is 23.3 Å². The highest BCUT2D eigenvalue weighted by Gasteiger charge is 2.29. The molecule has 538 valence electrons. The molecular weight excluding hydrogens is 1340 g/mol. The third-order valence-corrected chi connectivity index (χ3v) is 15.0. The minimum atomic E-state index is -3.67. The molecular formula is C65H86N18O15S2. The number of rotatable bonds is 15. The van der Waals surface area contributed by atoms with E-state index in [2.05, 4.69) is 91.7 Å². The van der Waals surface area contributed by atoms with E-state index in [0.29, 0.717) is 87.3 Å². The number of benzene rings is 3. The first kappa shape index (κ1) is 76.5. The van der Waals surface area contributed by atoms with Gasteiger partial charge in [-0.2, -0.15) is 16.8 Å².